The highest BCUT2D eigenvalue weighted by atomic mass is 16.6. The number of aromatic nitrogens is 1. The van der Waals surface area contributed by atoms with E-state index >= 15 is 0 Å². The molecule has 0 aliphatic heterocycles. The molecular formula is C24H25N3O6. The van der Waals surface area contributed by atoms with E-state index in [1.807, 2.05) is 27.7 Å². The van der Waals surface area contributed by atoms with Crippen molar-refractivity contribution >= 4 is 17.3 Å². The van der Waals surface area contributed by atoms with Crippen LogP contribution in [0.4, 0.5) is 11.4 Å². The van der Waals surface area contributed by atoms with Crippen molar-refractivity contribution in [1.82, 2.24) is 4.57 Å². The maximum absolute atomic E-state index is 12.5. The van der Waals surface area contributed by atoms with Gasteiger partial charge in [0.05, 0.1) is 9.85 Å². The number of nitro groups is 2. The quantitative estimate of drug-likeness (QED) is 0.369. The summed E-state index contributed by atoms with van der Waals surface area (Å²) in [7, 11) is 0. The van der Waals surface area contributed by atoms with E-state index in [0.29, 0.717) is 17.5 Å². The lowest BCUT2D eigenvalue weighted by atomic mass is 9.86. The van der Waals surface area contributed by atoms with Crippen LogP contribution in [-0.2, 0) is 18.4 Å². The number of hydrogen-bond donors (Lipinski definition) is 1. The van der Waals surface area contributed by atoms with E-state index < -0.39 is 21.2 Å². The first-order chi connectivity index (χ1) is 15.5. The van der Waals surface area contributed by atoms with Crippen LogP contribution in [0.15, 0.2) is 48.5 Å². The minimum absolute atomic E-state index is 0.0402. The van der Waals surface area contributed by atoms with Crippen molar-refractivity contribution in [2.75, 3.05) is 0 Å². The SMILES string of the molecule is CCc1c(-c2ccc([N+](=O)[O-])cc2)c(C(=O)O)n(Cc2ccc([N+](=O)[O-])cc2)c1C(C)(C)C. The van der Waals surface area contributed by atoms with Crippen LogP contribution < -0.4 is 0 Å². The van der Waals surface area contributed by atoms with Crippen molar-refractivity contribution < 1.29 is 19.7 Å². The number of nitro benzene ring substituents is 2. The third kappa shape index (κ3) is 4.62. The predicted octanol–water partition coefficient (Wildman–Crippen LogP) is 5.58. The number of non-ortho nitro benzene ring substituents is 2. The molecule has 0 atom stereocenters. The molecule has 0 aliphatic carbocycles. The van der Waals surface area contributed by atoms with Gasteiger partial charge in [0.25, 0.3) is 11.4 Å². The Morgan fingerprint density at radius 1 is 0.939 bits per heavy atom. The van der Waals surface area contributed by atoms with Gasteiger partial charge in [-0.05, 0) is 35.2 Å². The highest BCUT2D eigenvalue weighted by molar-refractivity contribution is 5.97. The normalized spacial score (nSPS) is 11.4. The van der Waals surface area contributed by atoms with Crippen molar-refractivity contribution in [2.45, 2.75) is 46.1 Å². The van der Waals surface area contributed by atoms with Gasteiger partial charge in [0.2, 0.25) is 0 Å². The minimum Gasteiger partial charge on any atom is -0.477 e. The second-order valence-electron chi connectivity index (χ2n) is 8.77. The van der Waals surface area contributed by atoms with Gasteiger partial charge >= 0.3 is 5.97 Å². The molecule has 0 unspecified atom stereocenters. The standard InChI is InChI=1S/C24H25N3O6/c1-5-19-20(16-8-12-18(13-9-16)27(32)33)21(23(28)29)25(22(19)24(2,3)4)14-15-6-10-17(11-7-15)26(30)31/h6-13H,5,14H2,1-4H3,(H,28,29). The molecule has 0 spiro atoms. The Bertz CT molecular complexity index is 1220. The van der Waals surface area contributed by atoms with Crippen molar-refractivity contribution in [2.24, 2.45) is 0 Å². The lowest BCUT2D eigenvalue weighted by Gasteiger charge is -2.24. The molecule has 0 fully saturated rings. The van der Waals surface area contributed by atoms with E-state index in [4.69, 9.17) is 0 Å². The second kappa shape index (κ2) is 8.85. The first-order valence-corrected chi connectivity index (χ1v) is 10.4. The lowest BCUT2D eigenvalue weighted by molar-refractivity contribution is -0.385. The van der Waals surface area contributed by atoms with Crippen LogP contribution in [-0.4, -0.2) is 25.5 Å². The largest absolute Gasteiger partial charge is 0.477 e. The number of nitrogens with zero attached hydrogens (tertiary/aromatic N) is 3. The number of rotatable bonds is 7. The molecule has 9 heteroatoms. The molecule has 9 nitrogen and oxygen atoms in total. The first-order valence-electron chi connectivity index (χ1n) is 10.4. The van der Waals surface area contributed by atoms with Crippen LogP contribution in [0, 0.1) is 20.2 Å². The predicted molar refractivity (Wildman–Crippen MR) is 124 cm³/mol. The number of hydrogen-bond acceptors (Lipinski definition) is 5. The van der Waals surface area contributed by atoms with Gasteiger partial charge in [0.15, 0.2) is 0 Å². The Labute approximate surface area is 190 Å². The summed E-state index contributed by atoms with van der Waals surface area (Å²) in [5, 5.41) is 32.3. The van der Waals surface area contributed by atoms with Crippen LogP contribution >= 0.6 is 0 Å². The van der Waals surface area contributed by atoms with Gasteiger partial charge in [0, 0.05) is 47.5 Å². The van der Waals surface area contributed by atoms with E-state index in [1.54, 1.807) is 28.8 Å². The van der Waals surface area contributed by atoms with Crippen molar-refractivity contribution in [3.8, 4) is 11.1 Å². The first kappa shape index (κ1) is 23.6. The number of carbonyl (C=O) groups is 1. The van der Waals surface area contributed by atoms with Gasteiger partial charge in [-0.15, -0.1) is 0 Å². The number of carboxylic acids is 1. The molecule has 33 heavy (non-hydrogen) atoms. The number of carboxylic acid groups (broad SMARTS) is 1. The Morgan fingerprint density at radius 3 is 1.82 bits per heavy atom. The van der Waals surface area contributed by atoms with Crippen molar-refractivity contribution in [3.05, 3.63) is 91.3 Å². The second-order valence-corrected chi connectivity index (χ2v) is 8.77. The van der Waals surface area contributed by atoms with E-state index in [9.17, 15) is 30.1 Å². The molecule has 2 aromatic carbocycles. The molecular weight excluding hydrogens is 426 g/mol. The molecule has 1 N–H and O–H groups in total. The molecule has 0 aliphatic rings. The van der Waals surface area contributed by atoms with Crippen LogP contribution in [0.2, 0.25) is 0 Å². The Hall–Kier alpha value is -4.01. The molecule has 1 heterocycles. The average Bonchev–Trinajstić information content (AvgIpc) is 3.08. The molecule has 172 valence electrons. The van der Waals surface area contributed by atoms with Gasteiger partial charge < -0.3 is 9.67 Å². The lowest BCUT2D eigenvalue weighted by Crippen LogP contribution is -2.22. The molecule has 1 aromatic heterocycles. The van der Waals surface area contributed by atoms with E-state index in [-0.39, 0.29) is 23.6 Å². The van der Waals surface area contributed by atoms with Gasteiger partial charge in [-0.2, -0.15) is 0 Å². The third-order valence-corrected chi connectivity index (χ3v) is 5.49. The fourth-order valence-electron chi connectivity index (χ4n) is 4.22. The maximum atomic E-state index is 12.5. The molecule has 0 saturated heterocycles. The summed E-state index contributed by atoms with van der Waals surface area (Å²) < 4.78 is 1.75. The topological polar surface area (TPSA) is 129 Å². The molecule has 0 radical (unpaired) electrons. The fraction of sp³-hybridized carbons (Fsp3) is 0.292. The molecule has 3 rings (SSSR count). The molecule has 0 saturated carbocycles. The Kier molecular flexibility index (Phi) is 6.34. The highest BCUT2D eigenvalue weighted by Gasteiger charge is 2.32. The number of aromatic carboxylic acids is 1. The minimum atomic E-state index is -1.12. The van der Waals surface area contributed by atoms with Gasteiger partial charge in [-0.3, -0.25) is 20.2 Å². The van der Waals surface area contributed by atoms with E-state index in [0.717, 1.165) is 16.8 Å². The maximum Gasteiger partial charge on any atom is 0.353 e. The zero-order chi connectivity index (χ0) is 24.5. The Balaban J connectivity index is 2.28. The van der Waals surface area contributed by atoms with Crippen LogP contribution in [0.5, 0.6) is 0 Å². The van der Waals surface area contributed by atoms with Crippen molar-refractivity contribution in [1.29, 1.82) is 0 Å². The summed E-state index contributed by atoms with van der Waals surface area (Å²) in [5.41, 5.74) is 3.11. The van der Waals surface area contributed by atoms with Crippen molar-refractivity contribution in [3.63, 3.8) is 0 Å². The van der Waals surface area contributed by atoms with Crippen LogP contribution in [0.25, 0.3) is 11.1 Å². The van der Waals surface area contributed by atoms with Gasteiger partial charge in [-0.1, -0.05) is 39.8 Å². The summed E-state index contributed by atoms with van der Waals surface area (Å²) >= 11 is 0. The summed E-state index contributed by atoms with van der Waals surface area (Å²) in [6.07, 6.45) is 0.562. The summed E-state index contributed by atoms with van der Waals surface area (Å²) in [6, 6.07) is 11.9. The zero-order valence-corrected chi connectivity index (χ0v) is 18.9. The summed E-state index contributed by atoms with van der Waals surface area (Å²) in [4.78, 5) is 33.6. The molecule has 3 aromatic rings. The number of benzene rings is 2. The van der Waals surface area contributed by atoms with Gasteiger partial charge in [0.1, 0.15) is 5.69 Å². The molecule has 0 bridgehead atoms. The third-order valence-electron chi connectivity index (χ3n) is 5.49. The Morgan fingerprint density at radius 2 is 1.42 bits per heavy atom. The fourth-order valence-corrected chi connectivity index (χ4v) is 4.22. The van der Waals surface area contributed by atoms with Crippen LogP contribution in [0.3, 0.4) is 0 Å². The van der Waals surface area contributed by atoms with Crippen LogP contribution in [0.1, 0.15) is 55.0 Å². The van der Waals surface area contributed by atoms with E-state index in [1.165, 1.54) is 24.3 Å². The highest BCUT2D eigenvalue weighted by Crippen LogP contribution is 2.40. The smallest absolute Gasteiger partial charge is 0.353 e. The molecule has 0 amide bonds. The summed E-state index contributed by atoms with van der Waals surface area (Å²) in [5.74, 6) is -1.12. The zero-order valence-electron chi connectivity index (χ0n) is 18.9. The van der Waals surface area contributed by atoms with Gasteiger partial charge in [-0.25, -0.2) is 4.79 Å². The average molecular weight is 451 g/mol. The summed E-state index contributed by atoms with van der Waals surface area (Å²) in [6.45, 7) is 8.16. The monoisotopic (exact) mass is 451 g/mol. The van der Waals surface area contributed by atoms with E-state index in [2.05, 4.69) is 0 Å².